The van der Waals surface area contributed by atoms with Gasteiger partial charge in [-0.1, -0.05) is 12.1 Å². The van der Waals surface area contributed by atoms with Gasteiger partial charge in [-0.25, -0.2) is 0 Å². The minimum Gasteiger partial charge on any atom is -0.497 e. The first-order chi connectivity index (χ1) is 8.81. The second-order valence-electron chi connectivity index (χ2n) is 4.16. The summed E-state index contributed by atoms with van der Waals surface area (Å²) in [7, 11) is 1.69. The molecule has 19 heavy (non-hydrogen) atoms. The lowest BCUT2D eigenvalue weighted by Gasteiger charge is -2.05. The van der Waals surface area contributed by atoms with E-state index in [0.29, 0.717) is 0 Å². The van der Waals surface area contributed by atoms with Crippen LogP contribution in [0.2, 0.25) is 0 Å². The van der Waals surface area contributed by atoms with Gasteiger partial charge in [-0.2, -0.15) is 5.10 Å². The molecule has 5 heteroatoms. The second kappa shape index (κ2) is 7.81. The molecule has 104 valence electrons. The lowest BCUT2D eigenvalue weighted by atomic mass is 10.2. The number of nitrogens with one attached hydrogen (secondary N) is 1. The van der Waals surface area contributed by atoms with E-state index in [1.807, 2.05) is 29.1 Å². The number of halogens is 1. The highest BCUT2D eigenvalue weighted by molar-refractivity contribution is 5.85. The molecular formula is C14H20ClN3O. The van der Waals surface area contributed by atoms with E-state index in [2.05, 4.69) is 29.6 Å². The van der Waals surface area contributed by atoms with Crippen LogP contribution in [0.15, 0.2) is 36.7 Å². The largest absolute Gasteiger partial charge is 0.497 e. The molecule has 0 atom stereocenters. The van der Waals surface area contributed by atoms with Gasteiger partial charge < -0.3 is 10.1 Å². The normalized spacial score (nSPS) is 10.0. The van der Waals surface area contributed by atoms with Crippen LogP contribution in [0.3, 0.4) is 0 Å². The summed E-state index contributed by atoms with van der Waals surface area (Å²) in [4.78, 5) is 0. The van der Waals surface area contributed by atoms with E-state index in [1.54, 1.807) is 7.11 Å². The van der Waals surface area contributed by atoms with Crippen molar-refractivity contribution in [3.05, 3.63) is 47.8 Å². The fraction of sp³-hybridized carbons (Fsp3) is 0.357. The highest BCUT2D eigenvalue weighted by Crippen LogP contribution is 2.12. The molecule has 1 aromatic carbocycles. The summed E-state index contributed by atoms with van der Waals surface area (Å²) in [6, 6.07) is 8.09. The van der Waals surface area contributed by atoms with Crippen molar-refractivity contribution in [1.82, 2.24) is 15.1 Å². The average molecular weight is 282 g/mol. The van der Waals surface area contributed by atoms with E-state index in [4.69, 9.17) is 4.74 Å². The van der Waals surface area contributed by atoms with Crippen LogP contribution in [0, 0.1) is 0 Å². The first-order valence-electron chi connectivity index (χ1n) is 6.17. The smallest absolute Gasteiger partial charge is 0.119 e. The highest BCUT2D eigenvalue weighted by atomic mass is 35.5. The molecule has 0 saturated heterocycles. The van der Waals surface area contributed by atoms with Gasteiger partial charge in [0.05, 0.1) is 13.3 Å². The van der Waals surface area contributed by atoms with Crippen LogP contribution in [0.4, 0.5) is 0 Å². The van der Waals surface area contributed by atoms with Gasteiger partial charge in [-0.15, -0.1) is 12.4 Å². The van der Waals surface area contributed by atoms with Crippen molar-refractivity contribution in [3.8, 4) is 5.75 Å². The molecule has 0 aliphatic rings. The maximum Gasteiger partial charge on any atom is 0.119 e. The van der Waals surface area contributed by atoms with E-state index >= 15 is 0 Å². The topological polar surface area (TPSA) is 39.1 Å². The van der Waals surface area contributed by atoms with Crippen LogP contribution in [0.25, 0.3) is 0 Å². The van der Waals surface area contributed by atoms with Gasteiger partial charge in [0.25, 0.3) is 0 Å². The zero-order chi connectivity index (χ0) is 12.8. The first kappa shape index (κ1) is 15.5. The summed E-state index contributed by atoms with van der Waals surface area (Å²) < 4.78 is 7.13. The Morgan fingerprint density at radius 2 is 2.05 bits per heavy atom. The number of ether oxygens (including phenoxy) is 1. The van der Waals surface area contributed by atoms with Crippen LogP contribution in [-0.2, 0) is 19.6 Å². The van der Waals surface area contributed by atoms with Crippen LogP contribution < -0.4 is 10.1 Å². The second-order valence-corrected chi connectivity index (χ2v) is 4.16. The average Bonchev–Trinajstić information content (AvgIpc) is 2.87. The summed E-state index contributed by atoms with van der Waals surface area (Å²) in [5.74, 6) is 0.896. The number of benzene rings is 1. The molecule has 2 rings (SSSR count). The van der Waals surface area contributed by atoms with Gasteiger partial charge in [0, 0.05) is 31.4 Å². The van der Waals surface area contributed by atoms with Crippen molar-refractivity contribution in [2.45, 2.75) is 26.6 Å². The van der Waals surface area contributed by atoms with Crippen molar-refractivity contribution < 1.29 is 4.74 Å². The molecular weight excluding hydrogens is 262 g/mol. The van der Waals surface area contributed by atoms with E-state index in [-0.39, 0.29) is 12.4 Å². The lowest BCUT2D eigenvalue weighted by molar-refractivity contribution is 0.414. The third-order valence-corrected chi connectivity index (χ3v) is 2.80. The Morgan fingerprint density at radius 3 is 2.74 bits per heavy atom. The third kappa shape index (κ3) is 4.58. The van der Waals surface area contributed by atoms with Crippen LogP contribution in [0.5, 0.6) is 5.75 Å². The molecule has 2 aromatic rings. The Kier molecular flexibility index (Phi) is 6.39. The number of hydrogen-bond acceptors (Lipinski definition) is 3. The Hall–Kier alpha value is -1.52. The maximum absolute atomic E-state index is 5.20. The Morgan fingerprint density at radius 1 is 1.26 bits per heavy atom. The standard InChI is InChI=1S/C14H19N3O.ClH/c1-3-17-11-13(10-16-17)9-15-8-12-5-4-6-14(7-12)18-2;/h4-7,10-11,15H,3,8-9H2,1-2H3;1H. The molecule has 0 unspecified atom stereocenters. The molecule has 0 aliphatic heterocycles. The van der Waals surface area contributed by atoms with Gasteiger partial charge in [0.2, 0.25) is 0 Å². The Balaban J connectivity index is 0.00000180. The van der Waals surface area contributed by atoms with Gasteiger partial charge >= 0.3 is 0 Å². The Bertz CT molecular complexity index is 499. The summed E-state index contributed by atoms with van der Waals surface area (Å²) in [6.07, 6.45) is 3.97. The van der Waals surface area contributed by atoms with Crippen molar-refractivity contribution in [1.29, 1.82) is 0 Å². The van der Waals surface area contributed by atoms with Crippen molar-refractivity contribution in [2.75, 3.05) is 7.11 Å². The molecule has 1 N–H and O–H groups in total. The van der Waals surface area contributed by atoms with E-state index in [1.165, 1.54) is 11.1 Å². The number of aromatic nitrogens is 2. The van der Waals surface area contributed by atoms with E-state index in [0.717, 1.165) is 25.4 Å². The monoisotopic (exact) mass is 281 g/mol. The minimum absolute atomic E-state index is 0. The highest BCUT2D eigenvalue weighted by Gasteiger charge is 1.98. The molecule has 0 bridgehead atoms. The summed E-state index contributed by atoms with van der Waals surface area (Å²) >= 11 is 0. The predicted molar refractivity (Wildman–Crippen MR) is 78.7 cm³/mol. The zero-order valence-corrected chi connectivity index (χ0v) is 12.1. The van der Waals surface area contributed by atoms with Crippen molar-refractivity contribution in [2.24, 2.45) is 0 Å². The number of nitrogens with zero attached hydrogens (tertiary/aromatic N) is 2. The molecule has 0 radical (unpaired) electrons. The van der Waals surface area contributed by atoms with Gasteiger partial charge in [0.15, 0.2) is 0 Å². The molecule has 4 nitrogen and oxygen atoms in total. The van der Waals surface area contributed by atoms with Gasteiger partial charge in [0.1, 0.15) is 5.75 Å². The third-order valence-electron chi connectivity index (χ3n) is 2.80. The molecule has 0 fully saturated rings. The predicted octanol–water partition coefficient (Wildman–Crippen LogP) is 2.62. The first-order valence-corrected chi connectivity index (χ1v) is 6.17. The summed E-state index contributed by atoms with van der Waals surface area (Å²) in [5.41, 5.74) is 2.43. The molecule has 0 amide bonds. The van der Waals surface area contributed by atoms with Crippen molar-refractivity contribution in [3.63, 3.8) is 0 Å². The van der Waals surface area contributed by atoms with Crippen molar-refractivity contribution >= 4 is 12.4 Å². The number of methoxy groups -OCH3 is 1. The fourth-order valence-electron chi connectivity index (χ4n) is 1.80. The number of hydrogen-bond donors (Lipinski definition) is 1. The molecule has 0 saturated carbocycles. The zero-order valence-electron chi connectivity index (χ0n) is 11.3. The molecule has 0 aliphatic carbocycles. The maximum atomic E-state index is 5.20. The number of rotatable bonds is 6. The van der Waals surface area contributed by atoms with Crippen LogP contribution in [0.1, 0.15) is 18.1 Å². The molecule has 0 spiro atoms. The number of aryl methyl sites for hydroxylation is 1. The van der Waals surface area contributed by atoms with Gasteiger partial charge in [-0.05, 0) is 24.6 Å². The fourth-order valence-corrected chi connectivity index (χ4v) is 1.80. The van der Waals surface area contributed by atoms with E-state index in [9.17, 15) is 0 Å². The molecule has 1 heterocycles. The quantitative estimate of drug-likeness (QED) is 0.885. The van der Waals surface area contributed by atoms with E-state index < -0.39 is 0 Å². The van der Waals surface area contributed by atoms with Gasteiger partial charge in [-0.3, -0.25) is 4.68 Å². The van der Waals surface area contributed by atoms with Crippen LogP contribution in [-0.4, -0.2) is 16.9 Å². The van der Waals surface area contributed by atoms with Crippen LogP contribution >= 0.6 is 12.4 Å². The lowest BCUT2D eigenvalue weighted by Crippen LogP contribution is -2.12. The summed E-state index contributed by atoms with van der Waals surface area (Å²) in [6.45, 7) is 4.65. The Labute approximate surface area is 120 Å². The SMILES string of the molecule is CCn1cc(CNCc2cccc(OC)c2)cn1.Cl. The minimum atomic E-state index is 0. The summed E-state index contributed by atoms with van der Waals surface area (Å²) in [5, 5.41) is 7.64. The molecule has 1 aromatic heterocycles.